The van der Waals surface area contributed by atoms with Gasteiger partial charge >= 0.3 is 0 Å². The molecule has 3 rings (SSSR count). The van der Waals surface area contributed by atoms with E-state index in [1.807, 2.05) is 34.5 Å². The predicted octanol–water partition coefficient (Wildman–Crippen LogP) is 0.0427. The topological polar surface area (TPSA) is 75.5 Å². The third-order valence-corrected chi connectivity index (χ3v) is 6.46. The van der Waals surface area contributed by atoms with Crippen molar-refractivity contribution in [2.24, 2.45) is 0 Å². The van der Waals surface area contributed by atoms with Gasteiger partial charge in [-0.25, -0.2) is 8.42 Å². The normalized spacial score (nSPS) is 23.8. The molecule has 1 saturated heterocycles. The van der Waals surface area contributed by atoms with Crippen molar-refractivity contribution in [3.8, 4) is 0 Å². The largest absolute Gasteiger partial charge is 0.336 e. The summed E-state index contributed by atoms with van der Waals surface area (Å²) in [6, 6.07) is 1.99. The molecule has 0 bridgehead atoms. The van der Waals surface area contributed by atoms with Crippen LogP contribution in [0.25, 0.3) is 0 Å². The van der Waals surface area contributed by atoms with Crippen LogP contribution in [0, 0.1) is 6.92 Å². The fourth-order valence-corrected chi connectivity index (χ4v) is 5.19. The van der Waals surface area contributed by atoms with Gasteiger partial charge in [0, 0.05) is 19.1 Å². The van der Waals surface area contributed by atoms with E-state index in [1.54, 1.807) is 0 Å². The molecule has 2 aliphatic heterocycles. The van der Waals surface area contributed by atoms with Gasteiger partial charge in [-0.3, -0.25) is 14.4 Å². The Hall–Kier alpha value is -1.41. The van der Waals surface area contributed by atoms with Crippen LogP contribution < -0.4 is 0 Å². The Bertz CT molecular complexity index is 698. The zero-order valence-electron chi connectivity index (χ0n) is 13.7. The Kier molecular flexibility index (Phi) is 4.46. The molecule has 0 saturated carbocycles. The van der Waals surface area contributed by atoms with Crippen LogP contribution in [0.3, 0.4) is 0 Å². The summed E-state index contributed by atoms with van der Waals surface area (Å²) in [5.41, 5.74) is 2.04. The third kappa shape index (κ3) is 3.74. The summed E-state index contributed by atoms with van der Waals surface area (Å²) >= 11 is 0. The van der Waals surface area contributed by atoms with Gasteiger partial charge in [0.1, 0.15) is 0 Å². The molecule has 1 amide bonds. The average Bonchev–Trinajstić information content (AvgIpc) is 2.94. The Morgan fingerprint density at radius 2 is 2.22 bits per heavy atom. The maximum Gasteiger partial charge on any atom is 0.237 e. The number of carbonyl (C=O) groups is 1. The minimum atomic E-state index is -2.92. The Morgan fingerprint density at radius 1 is 1.43 bits per heavy atom. The highest BCUT2D eigenvalue weighted by Crippen LogP contribution is 2.18. The van der Waals surface area contributed by atoms with Crippen molar-refractivity contribution in [1.82, 2.24) is 19.6 Å². The SMILES string of the molecule is Cc1cc2n(n1)CCCN(C(=O)CN(C)[C@H]1CCS(=O)(=O)C1)C2. The predicted molar refractivity (Wildman–Crippen MR) is 86.7 cm³/mol. The molecule has 0 unspecified atom stereocenters. The smallest absolute Gasteiger partial charge is 0.237 e. The molecule has 0 aromatic carbocycles. The number of aromatic nitrogens is 2. The fraction of sp³-hybridized carbons (Fsp3) is 0.733. The lowest BCUT2D eigenvalue weighted by atomic mass is 10.2. The number of hydrogen-bond acceptors (Lipinski definition) is 5. The Labute approximate surface area is 137 Å². The minimum absolute atomic E-state index is 0.0382. The van der Waals surface area contributed by atoms with Gasteiger partial charge in [-0.05, 0) is 32.9 Å². The molecule has 23 heavy (non-hydrogen) atoms. The Balaban J connectivity index is 1.62. The van der Waals surface area contributed by atoms with Crippen LogP contribution in [0.4, 0.5) is 0 Å². The van der Waals surface area contributed by atoms with E-state index in [-0.39, 0.29) is 30.0 Å². The first kappa shape index (κ1) is 16.4. The number of fused-ring (bicyclic) bond motifs is 1. The lowest BCUT2D eigenvalue weighted by molar-refractivity contribution is -0.133. The number of hydrogen-bond donors (Lipinski definition) is 0. The standard InChI is InChI=1S/C15H24N4O3S/c1-12-8-14-9-18(5-3-6-19(14)16-12)15(20)10-17(2)13-4-7-23(21,22)11-13/h8,13H,3-7,9-11H2,1-2H3/t13-/m0/s1. The monoisotopic (exact) mass is 340 g/mol. The highest BCUT2D eigenvalue weighted by Gasteiger charge is 2.32. The number of carbonyl (C=O) groups excluding carboxylic acids is 1. The van der Waals surface area contributed by atoms with Gasteiger partial charge in [-0.15, -0.1) is 0 Å². The molecule has 0 radical (unpaired) electrons. The minimum Gasteiger partial charge on any atom is -0.336 e. The van der Waals surface area contributed by atoms with E-state index >= 15 is 0 Å². The molecule has 1 fully saturated rings. The molecule has 1 atom stereocenters. The number of likely N-dealkylation sites (N-methyl/N-ethyl adjacent to an activating group) is 1. The quantitative estimate of drug-likeness (QED) is 0.777. The van der Waals surface area contributed by atoms with Crippen molar-refractivity contribution in [3.63, 3.8) is 0 Å². The van der Waals surface area contributed by atoms with Crippen molar-refractivity contribution < 1.29 is 13.2 Å². The van der Waals surface area contributed by atoms with Gasteiger partial charge in [0.2, 0.25) is 5.91 Å². The van der Waals surface area contributed by atoms with Crippen LogP contribution >= 0.6 is 0 Å². The summed E-state index contributed by atoms with van der Waals surface area (Å²) in [7, 11) is -1.08. The first-order valence-electron chi connectivity index (χ1n) is 8.06. The van der Waals surface area contributed by atoms with Gasteiger partial charge in [-0.1, -0.05) is 0 Å². The van der Waals surface area contributed by atoms with Crippen molar-refractivity contribution in [1.29, 1.82) is 0 Å². The van der Waals surface area contributed by atoms with E-state index in [0.717, 1.165) is 30.9 Å². The van der Waals surface area contributed by atoms with E-state index < -0.39 is 9.84 Å². The molecular formula is C15H24N4O3S. The van der Waals surface area contributed by atoms with Crippen molar-refractivity contribution >= 4 is 15.7 Å². The third-order valence-electron chi connectivity index (χ3n) is 4.71. The summed E-state index contributed by atoms with van der Waals surface area (Å²) in [6.45, 7) is 4.37. The first-order valence-corrected chi connectivity index (χ1v) is 9.88. The van der Waals surface area contributed by atoms with Gasteiger partial charge < -0.3 is 4.90 Å². The Morgan fingerprint density at radius 3 is 2.91 bits per heavy atom. The lowest BCUT2D eigenvalue weighted by Crippen LogP contribution is -2.43. The van der Waals surface area contributed by atoms with Crippen LogP contribution in [0.15, 0.2) is 6.07 Å². The summed E-state index contributed by atoms with van der Waals surface area (Å²) < 4.78 is 25.2. The van der Waals surface area contributed by atoms with Gasteiger partial charge in [0.05, 0.1) is 36.0 Å². The molecule has 7 nitrogen and oxygen atoms in total. The average molecular weight is 340 g/mol. The van der Waals surface area contributed by atoms with Gasteiger partial charge in [-0.2, -0.15) is 5.10 Å². The molecule has 0 N–H and O–H groups in total. The first-order chi connectivity index (χ1) is 10.8. The summed E-state index contributed by atoms with van der Waals surface area (Å²) in [5, 5.41) is 4.45. The van der Waals surface area contributed by atoms with Crippen LogP contribution in [-0.2, 0) is 27.7 Å². The zero-order valence-corrected chi connectivity index (χ0v) is 14.5. The highest BCUT2D eigenvalue weighted by atomic mass is 32.2. The van der Waals surface area contributed by atoms with Crippen molar-refractivity contribution in [3.05, 3.63) is 17.5 Å². The molecule has 0 spiro atoms. The van der Waals surface area contributed by atoms with Crippen LogP contribution in [0.1, 0.15) is 24.2 Å². The molecule has 1 aromatic heterocycles. The van der Waals surface area contributed by atoms with Gasteiger partial charge in [0.25, 0.3) is 0 Å². The van der Waals surface area contributed by atoms with E-state index in [0.29, 0.717) is 13.0 Å². The number of nitrogens with zero attached hydrogens (tertiary/aromatic N) is 4. The second-order valence-corrected chi connectivity index (χ2v) is 8.87. The second-order valence-electron chi connectivity index (χ2n) is 6.64. The van der Waals surface area contributed by atoms with E-state index in [4.69, 9.17) is 0 Å². The van der Waals surface area contributed by atoms with E-state index in [2.05, 4.69) is 5.10 Å². The number of rotatable bonds is 3. The number of amides is 1. The highest BCUT2D eigenvalue weighted by molar-refractivity contribution is 7.91. The van der Waals surface area contributed by atoms with Crippen molar-refractivity contribution in [2.75, 3.05) is 31.6 Å². The van der Waals surface area contributed by atoms with Crippen molar-refractivity contribution in [2.45, 2.75) is 38.9 Å². The molecule has 8 heteroatoms. The van der Waals surface area contributed by atoms with Gasteiger partial charge in [0.15, 0.2) is 9.84 Å². The maximum absolute atomic E-state index is 12.6. The lowest BCUT2D eigenvalue weighted by Gasteiger charge is -2.27. The zero-order chi connectivity index (χ0) is 16.6. The van der Waals surface area contributed by atoms with Crippen LogP contribution in [0.2, 0.25) is 0 Å². The molecular weight excluding hydrogens is 316 g/mol. The number of sulfone groups is 1. The summed E-state index contributed by atoms with van der Waals surface area (Å²) in [4.78, 5) is 16.4. The van der Waals surface area contributed by atoms with E-state index in [9.17, 15) is 13.2 Å². The molecule has 1 aromatic rings. The van der Waals surface area contributed by atoms with E-state index in [1.165, 1.54) is 0 Å². The second kappa shape index (κ2) is 6.24. The number of aryl methyl sites for hydroxylation is 2. The van der Waals surface area contributed by atoms with Crippen LogP contribution in [0.5, 0.6) is 0 Å². The molecule has 2 aliphatic rings. The molecule has 128 valence electrons. The maximum atomic E-state index is 12.6. The molecule has 0 aliphatic carbocycles. The summed E-state index contributed by atoms with van der Waals surface area (Å²) in [5.74, 6) is 0.463. The fourth-order valence-electron chi connectivity index (χ4n) is 3.38. The summed E-state index contributed by atoms with van der Waals surface area (Å²) in [6.07, 6.45) is 1.51. The molecule has 3 heterocycles. The van der Waals surface area contributed by atoms with Crippen LogP contribution in [-0.4, -0.2) is 71.6 Å².